The summed E-state index contributed by atoms with van der Waals surface area (Å²) in [7, 11) is 0. The van der Waals surface area contributed by atoms with Crippen LogP contribution in [0.15, 0.2) is 0 Å². The van der Waals surface area contributed by atoms with Gasteiger partial charge in [-0.3, -0.25) is 9.59 Å². The normalized spacial score (nSPS) is 17.6. The molecule has 1 aliphatic rings. The second kappa shape index (κ2) is 8.06. The summed E-state index contributed by atoms with van der Waals surface area (Å²) in [6.45, 7) is 5.88. The highest BCUT2D eigenvalue weighted by Gasteiger charge is 2.22. The Morgan fingerprint density at radius 2 is 1.75 bits per heavy atom. The second-order valence-electron chi connectivity index (χ2n) is 3.78. The van der Waals surface area contributed by atoms with Crippen molar-refractivity contribution in [2.75, 3.05) is 13.2 Å². The van der Waals surface area contributed by atoms with Crippen LogP contribution in [0.2, 0.25) is 0 Å². The molecule has 1 fully saturated rings. The lowest BCUT2D eigenvalue weighted by Gasteiger charge is -2.01. The maximum absolute atomic E-state index is 9.64. The van der Waals surface area contributed by atoms with Crippen molar-refractivity contribution in [3.63, 3.8) is 0 Å². The van der Waals surface area contributed by atoms with E-state index in [0.717, 1.165) is 13.2 Å². The number of aliphatic carboxylic acids is 2. The Morgan fingerprint density at radius 3 is 2.00 bits per heavy atom. The Labute approximate surface area is 94.2 Å². The molecule has 6 nitrogen and oxygen atoms in total. The van der Waals surface area contributed by atoms with E-state index in [1.54, 1.807) is 0 Å². The molecule has 16 heavy (non-hydrogen) atoms. The standard InChI is InChI=1S/C6H12O2.C4H6O4/c1-5(2)3-7-6-4-8-6;5-3(6)1-2-4(7)8/h5-6H,3-4H2,1-2H3;1-2H2,(H,5,6)(H,7,8). The first kappa shape index (κ1) is 14.9. The number of rotatable bonds is 6. The van der Waals surface area contributed by atoms with Gasteiger partial charge in [0.2, 0.25) is 0 Å². The number of ether oxygens (including phenoxy) is 2. The van der Waals surface area contributed by atoms with E-state index in [1.165, 1.54) is 0 Å². The Kier molecular flexibility index (Phi) is 7.49. The van der Waals surface area contributed by atoms with Gasteiger partial charge in [-0.2, -0.15) is 0 Å². The molecule has 2 N–H and O–H groups in total. The summed E-state index contributed by atoms with van der Waals surface area (Å²) in [5, 5.41) is 15.8. The third-order valence-electron chi connectivity index (χ3n) is 1.47. The van der Waals surface area contributed by atoms with Gasteiger partial charge in [-0.1, -0.05) is 13.8 Å². The Morgan fingerprint density at radius 1 is 1.31 bits per heavy atom. The van der Waals surface area contributed by atoms with Crippen LogP contribution < -0.4 is 0 Å². The molecule has 1 atom stereocenters. The van der Waals surface area contributed by atoms with Crippen molar-refractivity contribution in [3.05, 3.63) is 0 Å². The van der Waals surface area contributed by atoms with Crippen molar-refractivity contribution in [2.45, 2.75) is 33.0 Å². The van der Waals surface area contributed by atoms with Crippen LogP contribution in [0.25, 0.3) is 0 Å². The van der Waals surface area contributed by atoms with Gasteiger partial charge in [0.05, 0.1) is 19.4 Å². The summed E-state index contributed by atoms with van der Waals surface area (Å²) in [4.78, 5) is 19.3. The summed E-state index contributed by atoms with van der Waals surface area (Å²) in [5.41, 5.74) is 0. The first-order valence-corrected chi connectivity index (χ1v) is 5.08. The molecule has 1 rings (SSSR count). The third kappa shape index (κ3) is 12.9. The lowest BCUT2D eigenvalue weighted by atomic mass is 10.2. The molecular formula is C10H18O6. The molecule has 1 saturated heterocycles. The second-order valence-corrected chi connectivity index (χ2v) is 3.78. The molecule has 94 valence electrons. The summed E-state index contributed by atoms with van der Waals surface area (Å²) in [5.74, 6) is -1.53. The summed E-state index contributed by atoms with van der Waals surface area (Å²) >= 11 is 0. The highest BCUT2D eigenvalue weighted by molar-refractivity contribution is 5.75. The highest BCUT2D eigenvalue weighted by atomic mass is 16.8. The number of carboxylic acids is 2. The predicted molar refractivity (Wildman–Crippen MR) is 55.0 cm³/mol. The van der Waals surface area contributed by atoms with E-state index in [-0.39, 0.29) is 19.1 Å². The molecule has 0 aliphatic carbocycles. The van der Waals surface area contributed by atoms with Crippen LogP contribution in [0, 0.1) is 5.92 Å². The van der Waals surface area contributed by atoms with E-state index < -0.39 is 11.9 Å². The lowest BCUT2D eigenvalue weighted by molar-refractivity contribution is -0.143. The van der Waals surface area contributed by atoms with E-state index in [9.17, 15) is 9.59 Å². The molecular weight excluding hydrogens is 216 g/mol. The van der Waals surface area contributed by atoms with Gasteiger partial charge in [0.25, 0.3) is 0 Å². The topological polar surface area (TPSA) is 96.4 Å². The zero-order chi connectivity index (χ0) is 12.6. The van der Waals surface area contributed by atoms with Crippen LogP contribution in [0.5, 0.6) is 0 Å². The van der Waals surface area contributed by atoms with Gasteiger partial charge in [0.1, 0.15) is 6.61 Å². The lowest BCUT2D eigenvalue weighted by Crippen LogP contribution is -2.03. The highest BCUT2D eigenvalue weighted by Crippen LogP contribution is 2.11. The quantitative estimate of drug-likeness (QED) is 0.664. The van der Waals surface area contributed by atoms with E-state index >= 15 is 0 Å². The van der Waals surface area contributed by atoms with Crippen molar-refractivity contribution in [1.82, 2.24) is 0 Å². The molecule has 0 spiro atoms. The van der Waals surface area contributed by atoms with Crippen molar-refractivity contribution in [1.29, 1.82) is 0 Å². The van der Waals surface area contributed by atoms with Gasteiger partial charge in [-0.05, 0) is 5.92 Å². The van der Waals surface area contributed by atoms with Crippen LogP contribution in [-0.2, 0) is 19.1 Å². The monoisotopic (exact) mass is 234 g/mol. The van der Waals surface area contributed by atoms with Crippen LogP contribution >= 0.6 is 0 Å². The van der Waals surface area contributed by atoms with Gasteiger partial charge >= 0.3 is 11.9 Å². The maximum Gasteiger partial charge on any atom is 0.303 e. The minimum atomic E-state index is -1.08. The van der Waals surface area contributed by atoms with Crippen molar-refractivity contribution >= 4 is 11.9 Å². The number of carbonyl (C=O) groups is 2. The molecule has 6 heteroatoms. The number of hydrogen-bond acceptors (Lipinski definition) is 4. The van der Waals surface area contributed by atoms with E-state index in [4.69, 9.17) is 19.7 Å². The van der Waals surface area contributed by atoms with Crippen molar-refractivity contribution in [3.8, 4) is 0 Å². The van der Waals surface area contributed by atoms with Gasteiger partial charge in [-0.15, -0.1) is 0 Å². The molecule has 0 amide bonds. The fraction of sp³-hybridized carbons (Fsp3) is 0.800. The fourth-order valence-electron chi connectivity index (χ4n) is 0.649. The van der Waals surface area contributed by atoms with Gasteiger partial charge in [0, 0.05) is 0 Å². The van der Waals surface area contributed by atoms with Crippen LogP contribution in [-0.4, -0.2) is 41.7 Å². The zero-order valence-corrected chi connectivity index (χ0v) is 9.51. The SMILES string of the molecule is CC(C)COC1CO1.O=C(O)CCC(=O)O. The average Bonchev–Trinajstić information content (AvgIpc) is 2.96. The van der Waals surface area contributed by atoms with Gasteiger partial charge in [-0.25, -0.2) is 0 Å². The Hall–Kier alpha value is -1.14. The Balaban J connectivity index is 0.000000281. The van der Waals surface area contributed by atoms with Crippen LogP contribution in [0.4, 0.5) is 0 Å². The summed E-state index contributed by atoms with van der Waals surface area (Å²) < 4.78 is 10.0. The van der Waals surface area contributed by atoms with Crippen LogP contribution in [0.3, 0.4) is 0 Å². The fourth-order valence-corrected chi connectivity index (χ4v) is 0.649. The molecule has 1 aliphatic heterocycles. The Bertz CT molecular complexity index is 205. The number of carboxylic acid groups (broad SMARTS) is 2. The van der Waals surface area contributed by atoms with Crippen molar-refractivity contribution < 1.29 is 29.3 Å². The van der Waals surface area contributed by atoms with E-state index in [0.29, 0.717) is 5.92 Å². The minimum Gasteiger partial charge on any atom is -0.481 e. The molecule has 0 bridgehead atoms. The van der Waals surface area contributed by atoms with E-state index in [1.807, 2.05) is 0 Å². The number of hydrogen-bond donors (Lipinski definition) is 2. The van der Waals surface area contributed by atoms with Crippen LogP contribution in [0.1, 0.15) is 26.7 Å². The van der Waals surface area contributed by atoms with Gasteiger partial charge < -0.3 is 19.7 Å². The smallest absolute Gasteiger partial charge is 0.303 e. The molecule has 0 aromatic carbocycles. The van der Waals surface area contributed by atoms with Crippen molar-refractivity contribution in [2.24, 2.45) is 5.92 Å². The minimum absolute atomic E-state index is 0.136. The average molecular weight is 234 g/mol. The summed E-state index contributed by atoms with van der Waals surface area (Å²) in [6.07, 6.45) is -0.456. The first-order valence-electron chi connectivity index (χ1n) is 5.08. The molecule has 1 heterocycles. The summed E-state index contributed by atoms with van der Waals surface area (Å²) in [6, 6.07) is 0. The van der Waals surface area contributed by atoms with E-state index in [2.05, 4.69) is 13.8 Å². The zero-order valence-electron chi connectivity index (χ0n) is 9.51. The molecule has 0 aromatic rings. The third-order valence-corrected chi connectivity index (χ3v) is 1.47. The molecule has 0 radical (unpaired) electrons. The molecule has 0 saturated carbocycles. The number of epoxide rings is 1. The maximum atomic E-state index is 9.64. The molecule has 0 aromatic heterocycles. The molecule has 1 unspecified atom stereocenters. The largest absolute Gasteiger partial charge is 0.481 e. The first-order chi connectivity index (χ1) is 7.41. The van der Waals surface area contributed by atoms with Gasteiger partial charge in [0.15, 0.2) is 6.29 Å². The predicted octanol–water partition coefficient (Wildman–Crippen LogP) is 0.951.